The van der Waals surface area contributed by atoms with E-state index in [9.17, 15) is 0 Å². The van der Waals surface area contributed by atoms with Gasteiger partial charge in [-0.2, -0.15) is 0 Å². The Labute approximate surface area is 232 Å². The molecular formula is C35H58NP. The Morgan fingerprint density at radius 3 is 1.30 bits per heavy atom. The summed E-state index contributed by atoms with van der Waals surface area (Å²) in [5, 5.41) is 6.89. The highest BCUT2D eigenvalue weighted by atomic mass is 31.1. The summed E-state index contributed by atoms with van der Waals surface area (Å²) in [6.07, 6.45) is 24.6. The van der Waals surface area contributed by atoms with E-state index in [1.165, 1.54) is 137 Å². The Bertz CT molecular complexity index is 751. The topological polar surface area (TPSA) is 12.0 Å². The van der Waals surface area contributed by atoms with Gasteiger partial charge in [0.2, 0.25) is 0 Å². The van der Waals surface area contributed by atoms with E-state index in [4.69, 9.17) is 0 Å². The number of rotatable bonds is 22. The second-order valence-corrected chi connectivity index (χ2v) is 13.4. The van der Waals surface area contributed by atoms with Crippen LogP contribution in [0.2, 0.25) is 0 Å². The summed E-state index contributed by atoms with van der Waals surface area (Å²) in [7, 11) is -0.534. The van der Waals surface area contributed by atoms with Crippen LogP contribution in [-0.4, -0.2) is 6.04 Å². The van der Waals surface area contributed by atoms with Gasteiger partial charge in [-0.1, -0.05) is 140 Å². The summed E-state index contributed by atoms with van der Waals surface area (Å²) < 4.78 is 0. The molecule has 0 aromatic heterocycles. The monoisotopic (exact) mass is 523 g/mol. The van der Waals surface area contributed by atoms with E-state index in [0.717, 1.165) is 0 Å². The highest BCUT2D eigenvalue weighted by Gasteiger charge is 2.16. The number of unbranched alkanes of at least 4 members (excludes halogenated alkanes) is 14. The zero-order chi connectivity index (χ0) is 26.6. The summed E-state index contributed by atoms with van der Waals surface area (Å²) >= 11 is 0. The molecule has 1 nitrogen and oxygen atoms in total. The Hall–Kier alpha value is -1.17. The maximum atomic E-state index is 3.93. The Kier molecular flexibility index (Phi) is 18.0. The normalized spacial score (nSPS) is 11.6. The molecular weight excluding hydrogens is 465 g/mol. The molecule has 0 unspecified atom stereocenters. The number of nitrogens with one attached hydrogen (secondary N) is 1. The molecule has 2 aromatic rings. The van der Waals surface area contributed by atoms with Crippen LogP contribution in [0.4, 0.5) is 0 Å². The molecule has 0 saturated heterocycles. The molecule has 2 heteroatoms. The Morgan fingerprint density at radius 1 is 0.541 bits per heavy atom. The van der Waals surface area contributed by atoms with Gasteiger partial charge in [-0.15, -0.1) is 0 Å². The maximum Gasteiger partial charge on any atom is 0.0255 e. The molecule has 0 heterocycles. The van der Waals surface area contributed by atoms with Crippen molar-refractivity contribution in [3.8, 4) is 0 Å². The van der Waals surface area contributed by atoms with Crippen LogP contribution in [0, 0.1) is 0 Å². The largest absolute Gasteiger partial charge is 0.286 e. The quantitative estimate of drug-likeness (QED) is 0.120. The van der Waals surface area contributed by atoms with E-state index in [1.54, 1.807) is 0 Å². The van der Waals surface area contributed by atoms with Crippen LogP contribution in [0.15, 0.2) is 48.5 Å². The van der Waals surface area contributed by atoms with Crippen molar-refractivity contribution in [3.63, 3.8) is 0 Å². The van der Waals surface area contributed by atoms with Gasteiger partial charge >= 0.3 is 0 Å². The number of aryl methyl sites for hydroxylation is 2. The van der Waals surface area contributed by atoms with Crippen molar-refractivity contribution in [1.82, 2.24) is 5.09 Å². The van der Waals surface area contributed by atoms with Crippen molar-refractivity contribution in [2.75, 3.05) is 0 Å². The third-order valence-corrected chi connectivity index (χ3v) is 9.73. The van der Waals surface area contributed by atoms with Gasteiger partial charge < -0.3 is 0 Å². The average Bonchev–Trinajstić information content (AvgIpc) is 2.90. The third-order valence-electron chi connectivity index (χ3n) is 7.36. The minimum absolute atomic E-state index is 0.471. The first-order chi connectivity index (χ1) is 18.1. The van der Waals surface area contributed by atoms with Gasteiger partial charge in [-0.3, -0.25) is 5.09 Å². The van der Waals surface area contributed by atoms with Crippen LogP contribution in [0.5, 0.6) is 0 Å². The molecule has 208 valence electrons. The summed E-state index contributed by atoms with van der Waals surface area (Å²) in [6.45, 7) is 9.16. The molecule has 0 aliphatic heterocycles. The predicted molar refractivity (Wildman–Crippen MR) is 170 cm³/mol. The first-order valence-corrected chi connectivity index (χ1v) is 17.2. The average molecular weight is 524 g/mol. The first-order valence-electron chi connectivity index (χ1n) is 15.9. The lowest BCUT2D eigenvalue weighted by Crippen LogP contribution is -2.28. The van der Waals surface area contributed by atoms with Crippen molar-refractivity contribution in [2.45, 2.75) is 149 Å². The third kappa shape index (κ3) is 14.5. The van der Waals surface area contributed by atoms with Crippen molar-refractivity contribution in [2.24, 2.45) is 0 Å². The van der Waals surface area contributed by atoms with Gasteiger partial charge in [-0.05, 0) is 73.4 Å². The molecule has 0 spiro atoms. The number of hydrogen-bond donors (Lipinski definition) is 1. The lowest BCUT2D eigenvalue weighted by atomic mass is 10.0. The fourth-order valence-corrected chi connectivity index (χ4v) is 7.36. The van der Waals surface area contributed by atoms with Crippen molar-refractivity contribution in [3.05, 3.63) is 59.7 Å². The van der Waals surface area contributed by atoms with Gasteiger partial charge in [-0.25, -0.2) is 0 Å². The Balaban J connectivity index is 1.89. The molecule has 1 N–H and O–H groups in total. The first kappa shape index (κ1) is 32.0. The predicted octanol–water partition coefficient (Wildman–Crippen LogP) is 10.4. The molecule has 2 aromatic carbocycles. The van der Waals surface area contributed by atoms with Crippen LogP contribution in [0.1, 0.15) is 142 Å². The van der Waals surface area contributed by atoms with E-state index in [1.807, 2.05) is 0 Å². The van der Waals surface area contributed by atoms with E-state index < -0.39 is 8.07 Å². The molecule has 0 amide bonds. The minimum atomic E-state index is -0.534. The molecule has 37 heavy (non-hydrogen) atoms. The van der Waals surface area contributed by atoms with E-state index in [2.05, 4.69) is 81.3 Å². The molecule has 0 bridgehead atoms. The van der Waals surface area contributed by atoms with Crippen LogP contribution in [-0.2, 0) is 12.8 Å². The van der Waals surface area contributed by atoms with Crippen molar-refractivity contribution in [1.29, 1.82) is 0 Å². The van der Waals surface area contributed by atoms with Crippen LogP contribution in [0.3, 0.4) is 0 Å². The molecule has 0 fully saturated rings. The summed E-state index contributed by atoms with van der Waals surface area (Å²) in [4.78, 5) is 0. The maximum absolute atomic E-state index is 3.93. The molecule has 0 aliphatic rings. The highest BCUT2D eigenvalue weighted by Crippen LogP contribution is 2.31. The molecule has 0 saturated carbocycles. The van der Waals surface area contributed by atoms with Crippen LogP contribution in [0.25, 0.3) is 0 Å². The van der Waals surface area contributed by atoms with Crippen molar-refractivity contribution >= 4 is 18.7 Å². The smallest absolute Gasteiger partial charge is 0.0255 e. The van der Waals surface area contributed by atoms with Gasteiger partial charge in [0.15, 0.2) is 0 Å². The zero-order valence-electron chi connectivity index (χ0n) is 24.9. The number of benzene rings is 2. The Morgan fingerprint density at radius 2 is 0.919 bits per heavy atom. The summed E-state index contributed by atoms with van der Waals surface area (Å²) in [5.74, 6) is 0. The zero-order valence-corrected chi connectivity index (χ0v) is 25.8. The van der Waals surface area contributed by atoms with Gasteiger partial charge in [0, 0.05) is 14.1 Å². The number of hydrogen-bond acceptors (Lipinski definition) is 1. The van der Waals surface area contributed by atoms with Crippen LogP contribution < -0.4 is 15.7 Å². The van der Waals surface area contributed by atoms with Gasteiger partial charge in [0.05, 0.1) is 0 Å². The van der Waals surface area contributed by atoms with E-state index in [0.29, 0.717) is 6.04 Å². The lowest BCUT2D eigenvalue weighted by Gasteiger charge is -2.23. The van der Waals surface area contributed by atoms with Crippen LogP contribution >= 0.6 is 8.07 Å². The standard InChI is InChI=1S/C35H58NP/c1-5-7-9-11-13-15-17-19-23-32-25-21-27-34(29-32)37(36-31(3)4)35-28-22-26-33(30-35)24-20-18-16-14-12-10-8-6-2/h21-22,25-31,36H,5-20,23-24H2,1-4H3. The molecule has 0 radical (unpaired) electrons. The second kappa shape index (κ2) is 20.7. The SMILES string of the molecule is CCCCCCCCCCc1cccc(P(NC(C)C)c2cccc(CCCCCCCCCC)c2)c1. The van der Waals surface area contributed by atoms with Gasteiger partial charge in [0.1, 0.15) is 0 Å². The molecule has 2 rings (SSSR count). The minimum Gasteiger partial charge on any atom is -0.286 e. The lowest BCUT2D eigenvalue weighted by molar-refractivity contribution is 0.575. The van der Waals surface area contributed by atoms with Crippen molar-refractivity contribution < 1.29 is 0 Å². The summed E-state index contributed by atoms with van der Waals surface area (Å²) in [5.41, 5.74) is 3.02. The molecule has 0 aliphatic carbocycles. The van der Waals surface area contributed by atoms with Gasteiger partial charge in [0.25, 0.3) is 0 Å². The molecule has 0 atom stereocenters. The summed E-state index contributed by atoms with van der Waals surface area (Å²) in [6, 6.07) is 19.4. The fraction of sp³-hybridized carbons (Fsp3) is 0.657. The van der Waals surface area contributed by atoms with E-state index >= 15 is 0 Å². The van der Waals surface area contributed by atoms with E-state index in [-0.39, 0.29) is 0 Å². The second-order valence-electron chi connectivity index (χ2n) is 11.4. The highest BCUT2D eigenvalue weighted by molar-refractivity contribution is 7.71. The fourth-order valence-electron chi connectivity index (χ4n) is 5.18.